The Labute approximate surface area is 333 Å². The lowest BCUT2D eigenvalue weighted by Crippen LogP contribution is -2.37. The fourth-order valence-corrected chi connectivity index (χ4v) is 6.79. The van der Waals surface area contributed by atoms with E-state index in [1.807, 2.05) is 182 Å². The number of fused-ring (bicyclic) bond motifs is 1. The molecule has 3 atom stereocenters. The van der Waals surface area contributed by atoms with Crippen molar-refractivity contribution in [2.45, 2.75) is 51.3 Å². The number of hydrogen-bond donors (Lipinski definition) is 1. The molecule has 1 heterocycles. The highest BCUT2D eigenvalue weighted by Gasteiger charge is 2.42. The molecule has 0 saturated carbocycles. The van der Waals surface area contributed by atoms with E-state index in [0.29, 0.717) is 54.1 Å². The van der Waals surface area contributed by atoms with E-state index in [9.17, 15) is 5.11 Å². The van der Waals surface area contributed by atoms with Crippen LogP contribution in [0, 0.1) is 0 Å². The van der Waals surface area contributed by atoms with Crippen molar-refractivity contribution in [1.29, 1.82) is 0 Å². The van der Waals surface area contributed by atoms with Crippen molar-refractivity contribution in [2.75, 3.05) is 0 Å². The molecular weight excluding hydrogens is 713 g/mol. The van der Waals surface area contributed by atoms with Crippen molar-refractivity contribution in [1.82, 2.24) is 0 Å². The molecule has 1 N–H and O–H groups in total. The smallest absolute Gasteiger partial charge is 0.162 e. The summed E-state index contributed by atoms with van der Waals surface area (Å²) in [6.45, 7) is 1.59. The van der Waals surface area contributed by atoms with Crippen molar-refractivity contribution in [3.05, 3.63) is 221 Å². The van der Waals surface area contributed by atoms with Crippen LogP contribution in [-0.2, 0) is 37.8 Å². The molecule has 0 bridgehead atoms. The van der Waals surface area contributed by atoms with Gasteiger partial charge in [-0.3, -0.25) is 0 Å². The molecule has 0 spiro atoms. The second-order valence-electron chi connectivity index (χ2n) is 13.9. The van der Waals surface area contributed by atoms with Gasteiger partial charge in [-0.1, -0.05) is 158 Å². The normalized spacial score (nSPS) is 15.8. The molecule has 1 aliphatic heterocycles. The zero-order valence-electron chi connectivity index (χ0n) is 31.5. The monoisotopic (exact) mass is 756 g/mol. The van der Waals surface area contributed by atoms with E-state index in [1.165, 1.54) is 0 Å². The maximum absolute atomic E-state index is 12.4. The largest absolute Gasteiger partial charge is 0.489 e. The predicted octanol–water partition coefficient (Wildman–Crippen LogP) is 10.8. The molecule has 7 aromatic carbocycles. The molecule has 57 heavy (non-hydrogen) atoms. The van der Waals surface area contributed by atoms with E-state index in [2.05, 4.69) is 0 Å². The van der Waals surface area contributed by atoms with Gasteiger partial charge in [-0.25, -0.2) is 0 Å². The molecule has 0 radical (unpaired) electrons. The molecule has 0 amide bonds. The van der Waals surface area contributed by atoms with Crippen LogP contribution in [-0.4, -0.2) is 11.2 Å². The number of rotatable bonds is 16. The molecule has 0 aliphatic carbocycles. The second-order valence-corrected chi connectivity index (χ2v) is 13.9. The van der Waals surface area contributed by atoms with E-state index >= 15 is 0 Å². The highest BCUT2D eigenvalue weighted by atomic mass is 16.6. The van der Waals surface area contributed by atoms with Crippen LogP contribution in [0.1, 0.15) is 51.2 Å². The van der Waals surface area contributed by atoms with Crippen LogP contribution >= 0.6 is 0 Å². The third-order valence-corrected chi connectivity index (χ3v) is 9.78. The Morgan fingerprint density at radius 2 is 0.860 bits per heavy atom. The van der Waals surface area contributed by atoms with Crippen LogP contribution in [0.3, 0.4) is 0 Å². The first-order valence-electron chi connectivity index (χ1n) is 19.2. The molecule has 7 nitrogen and oxygen atoms in total. The van der Waals surface area contributed by atoms with E-state index < -0.39 is 18.3 Å². The summed E-state index contributed by atoms with van der Waals surface area (Å²) >= 11 is 0. The van der Waals surface area contributed by atoms with Gasteiger partial charge in [-0.15, -0.1) is 0 Å². The topological polar surface area (TPSA) is 75.6 Å². The van der Waals surface area contributed by atoms with Gasteiger partial charge >= 0.3 is 0 Å². The summed E-state index contributed by atoms with van der Waals surface area (Å²) in [4.78, 5) is 0. The average molecular weight is 757 g/mol. The highest BCUT2D eigenvalue weighted by molar-refractivity contribution is 5.55. The maximum Gasteiger partial charge on any atom is 0.162 e. The summed E-state index contributed by atoms with van der Waals surface area (Å²) < 4.78 is 39.1. The van der Waals surface area contributed by atoms with Crippen LogP contribution in [0.15, 0.2) is 182 Å². The summed E-state index contributed by atoms with van der Waals surface area (Å²) in [6, 6.07) is 59.2. The Hall–Kier alpha value is -6.54. The summed E-state index contributed by atoms with van der Waals surface area (Å²) in [7, 11) is 0. The molecule has 1 aliphatic rings. The van der Waals surface area contributed by atoms with E-state index in [4.69, 9.17) is 28.4 Å². The Morgan fingerprint density at radius 3 is 1.37 bits per heavy atom. The average Bonchev–Trinajstić information content (AvgIpc) is 3.27. The van der Waals surface area contributed by atoms with Crippen molar-refractivity contribution < 1.29 is 33.5 Å². The minimum absolute atomic E-state index is 0.256. The van der Waals surface area contributed by atoms with Crippen molar-refractivity contribution in [3.63, 3.8) is 0 Å². The second kappa shape index (κ2) is 18.4. The van der Waals surface area contributed by atoms with Crippen LogP contribution in [0.25, 0.3) is 0 Å². The molecule has 7 heteroatoms. The lowest BCUT2D eigenvalue weighted by molar-refractivity contribution is -0.117. The molecule has 1 unspecified atom stereocenters. The van der Waals surface area contributed by atoms with Gasteiger partial charge < -0.3 is 33.5 Å². The van der Waals surface area contributed by atoms with Crippen molar-refractivity contribution in [2.24, 2.45) is 0 Å². The molecule has 0 aromatic heterocycles. The third kappa shape index (κ3) is 9.65. The Kier molecular flexibility index (Phi) is 12.1. The quantitative estimate of drug-likeness (QED) is 0.105. The number of aliphatic hydroxyl groups is 1. The summed E-state index contributed by atoms with van der Waals surface area (Å²) in [5.74, 6) is 2.58. The number of benzene rings is 7. The van der Waals surface area contributed by atoms with Crippen LogP contribution < -0.4 is 23.7 Å². The van der Waals surface area contributed by atoms with Gasteiger partial charge in [0.05, 0.1) is 12.2 Å². The van der Waals surface area contributed by atoms with Gasteiger partial charge in [0.1, 0.15) is 55.9 Å². The number of ether oxygens (including phenoxy) is 6. The number of aliphatic hydroxyl groups excluding tert-OH is 1. The SMILES string of the molecule is OC1c2c(OCc3ccccc3)cc(OCc3ccccc3)cc2O[C@H](c2ccc(OCc3ccccc3)c(OCc3ccccc3)c2)[C@@H]1OCc1ccccc1. The Bertz CT molecular complexity index is 2300. The molecule has 0 saturated heterocycles. The summed E-state index contributed by atoms with van der Waals surface area (Å²) in [6.07, 6.45) is -2.70. The minimum Gasteiger partial charge on any atom is -0.489 e. The summed E-state index contributed by atoms with van der Waals surface area (Å²) in [5.41, 5.74) is 6.27. The first kappa shape index (κ1) is 37.4. The first-order chi connectivity index (χ1) is 28.2. The summed E-state index contributed by atoms with van der Waals surface area (Å²) in [5, 5.41) is 12.4. The zero-order valence-corrected chi connectivity index (χ0v) is 31.5. The highest BCUT2D eigenvalue weighted by Crippen LogP contribution is 2.50. The fraction of sp³-hybridized carbons (Fsp3) is 0.160. The van der Waals surface area contributed by atoms with Crippen molar-refractivity contribution in [3.8, 4) is 28.7 Å². The van der Waals surface area contributed by atoms with Gasteiger partial charge in [0.2, 0.25) is 0 Å². The van der Waals surface area contributed by atoms with Crippen LogP contribution in [0.5, 0.6) is 28.7 Å². The molecule has 7 aromatic rings. The standard InChI is InChI=1S/C50H44O7/c51-48-47-45(55-34-39-22-12-4-13-23-39)29-42(52-31-36-16-6-1-7-17-36)30-46(47)57-49(50(48)56-35-40-24-14-5-15-25-40)41-26-27-43(53-32-37-18-8-2-9-19-37)44(28-41)54-33-38-20-10-3-11-21-38/h1-30,48-51H,31-35H2/t48?,49-,50-/m1/s1. The lowest BCUT2D eigenvalue weighted by atomic mass is 9.91. The predicted molar refractivity (Wildman–Crippen MR) is 219 cm³/mol. The Balaban J connectivity index is 1.16. The van der Waals surface area contributed by atoms with E-state index in [1.54, 1.807) is 0 Å². The minimum atomic E-state index is -1.13. The molecular formula is C50H44O7. The maximum atomic E-state index is 12.4. The van der Waals surface area contributed by atoms with Crippen LogP contribution in [0.2, 0.25) is 0 Å². The Morgan fingerprint density at radius 1 is 0.421 bits per heavy atom. The van der Waals surface area contributed by atoms with E-state index in [-0.39, 0.29) is 13.2 Å². The van der Waals surface area contributed by atoms with Gasteiger partial charge in [0.25, 0.3) is 0 Å². The first-order valence-corrected chi connectivity index (χ1v) is 19.2. The third-order valence-electron chi connectivity index (χ3n) is 9.78. The van der Waals surface area contributed by atoms with Gasteiger partial charge in [0, 0.05) is 12.1 Å². The van der Waals surface area contributed by atoms with Crippen molar-refractivity contribution >= 4 is 0 Å². The van der Waals surface area contributed by atoms with Crippen LogP contribution in [0.4, 0.5) is 0 Å². The molecule has 286 valence electrons. The molecule has 8 rings (SSSR count). The fourth-order valence-electron chi connectivity index (χ4n) is 6.79. The lowest BCUT2D eigenvalue weighted by Gasteiger charge is -2.38. The van der Waals surface area contributed by atoms with E-state index in [0.717, 1.165) is 33.4 Å². The van der Waals surface area contributed by atoms with Gasteiger partial charge in [-0.05, 0) is 45.5 Å². The van der Waals surface area contributed by atoms with Gasteiger partial charge in [-0.2, -0.15) is 0 Å². The zero-order chi connectivity index (χ0) is 38.7. The van der Waals surface area contributed by atoms with Gasteiger partial charge in [0.15, 0.2) is 17.6 Å². The molecule has 0 fully saturated rings. The number of hydrogen-bond acceptors (Lipinski definition) is 7.